The SMILES string of the molecule is CCC(C)C1NC(c2ccsc2)N(CCOC)C1=O. The zero-order chi connectivity index (χ0) is 13.8. The number of methoxy groups -OCH3 is 1. The predicted molar refractivity (Wildman–Crippen MR) is 77.0 cm³/mol. The molecule has 2 heterocycles. The Morgan fingerprint density at radius 2 is 2.37 bits per heavy atom. The molecule has 0 spiro atoms. The van der Waals surface area contributed by atoms with Crippen LogP contribution in [-0.2, 0) is 9.53 Å². The second-order valence-corrected chi connectivity index (χ2v) is 5.79. The summed E-state index contributed by atoms with van der Waals surface area (Å²) in [5.41, 5.74) is 1.17. The van der Waals surface area contributed by atoms with Gasteiger partial charge in [0, 0.05) is 13.7 Å². The number of thiophene rings is 1. The van der Waals surface area contributed by atoms with Gasteiger partial charge in [-0.05, 0) is 28.3 Å². The van der Waals surface area contributed by atoms with E-state index in [-0.39, 0.29) is 18.1 Å². The van der Waals surface area contributed by atoms with E-state index in [1.54, 1.807) is 18.4 Å². The fourth-order valence-corrected chi connectivity index (χ4v) is 3.10. The minimum atomic E-state index is -0.0771. The first-order chi connectivity index (χ1) is 9.19. The quantitative estimate of drug-likeness (QED) is 0.870. The molecule has 1 amide bonds. The standard InChI is InChI=1S/C14H22N2O2S/c1-4-10(2)12-14(17)16(6-7-18-3)13(15-12)11-5-8-19-9-11/h5,8-10,12-13,15H,4,6-7H2,1-3H3. The van der Waals surface area contributed by atoms with Crippen molar-refractivity contribution in [2.24, 2.45) is 5.92 Å². The second-order valence-electron chi connectivity index (χ2n) is 5.01. The molecule has 3 atom stereocenters. The van der Waals surface area contributed by atoms with Crippen LogP contribution in [0.1, 0.15) is 32.0 Å². The molecule has 0 aromatic carbocycles. The monoisotopic (exact) mass is 282 g/mol. The molecule has 0 radical (unpaired) electrons. The third-order valence-corrected chi connectivity index (χ3v) is 4.51. The lowest BCUT2D eigenvalue weighted by Crippen LogP contribution is -2.36. The van der Waals surface area contributed by atoms with Crippen molar-refractivity contribution in [3.05, 3.63) is 22.4 Å². The highest BCUT2D eigenvalue weighted by molar-refractivity contribution is 7.07. The normalized spacial score (nSPS) is 25.0. The van der Waals surface area contributed by atoms with Crippen LogP contribution in [0.5, 0.6) is 0 Å². The lowest BCUT2D eigenvalue weighted by atomic mass is 9.99. The van der Waals surface area contributed by atoms with Crippen molar-refractivity contribution in [1.29, 1.82) is 0 Å². The smallest absolute Gasteiger partial charge is 0.241 e. The minimum Gasteiger partial charge on any atom is -0.383 e. The molecule has 3 unspecified atom stereocenters. The Bertz CT molecular complexity index is 408. The van der Waals surface area contributed by atoms with E-state index in [0.717, 1.165) is 6.42 Å². The summed E-state index contributed by atoms with van der Waals surface area (Å²) in [7, 11) is 1.67. The molecule has 0 saturated carbocycles. The molecule has 106 valence electrons. The molecule has 1 aromatic rings. The van der Waals surface area contributed by atoms with Gasteiger partial charge in [-0.15, -0.1) is 0 Å². The van der Waals surface area contributed by atoms with E-state index < -0.39 is 0 Å². The van der Waals surface area contributed by atoms with Gasteiger partial charge in [-0.25, -0.2) is 0 Å². The van der Waals surface area contributed by atoms with Gasteiger partial charge in [-0.3, -0.25) is 10.1 Å². The van der Waals surface area contributed by atoms with Gasteiger partial charge >= 0.3 is 0 Å². The first kappa shape index (κ1) is 14.5. The Labute approximate surface area is 118 Å². The number of hydrogen-bond acceptors (Lipinski definition) is 4. The first-order valence-electron chi connectivity index (χ1n) is 6.76. The van der Waals surface area contributed by atoms with Crippen molar-refractivity contribution in [2.75, 3.05) is 20.3 Å². The van der Waals surface area contributed by atoms with Gasteiger partial charge in [-0.2, -0.15) is 11.3 Å². The van der Waals surface area contributed by atoms with Gasteiger partial charge < -0.3 is 9.64 Å². The average molecular weight is 282 g/mol. The molecule has 5 heteroatoms. The maximum absolute atomic E-state index is 12.5. The van der Waals surface area contributed by atoms with Crippen molar-refractivity contribution in [1.82, 2.24) is 10.2 Å². The van der Waals surface area contributed by atoms with Crippen LogP contribution in [0.2, 0.25) is 0 Å². The Balaban J connectivity index is 2.17. The van der Waals surface area contributed by atoms with E-state index >= 15 is 0 Å². The van der Waals surface area contributed by atoms with Crippen LogP contribution >= 0.6 is 11.3 Å². The van der Waals surface area contributed by atoms with Gasteiger partial charge in [0.15, 0.2) is 0 Å². The Morgan fingerprint density at radius 3 is 2.95 bits per heavy atom. The summed E-state index contributed by atoms with van der Waals surface area (Å²) in [6.07, 6.45) is 0.991. The first-order valence-corrected chi connectivity index (χ1v) is 7.70. The molecule has 1 aliphatic heterocycles. The molecule has 0 aliphatic carbocycles. The maximum atomic E-state index is 12.5. The van der Waals surface area contributed by atoms with E-state index in [1.165, 1.54) is 5.56 Å². The number of carbonyl (C=O) groups is 1. The van der Waals surface area contributed by atoms with E-state index in [0.29, 0.717) is 19.1 Å². The third kappa shape index (κ3) is 2.99. The molecule has 1 N–H and O–H groups in total. The van der Waals surface area contributed by atoms with Crippen LogP contribution in [0, 0.1) is 5.92 Å². The van der Waals surface area contributed by atoms with E-state index in [4.69, 9.17) is 4.74 Å². The molecular weight excluding hydrogens is 260 g/mol. The Morgan fingerprint density at radius 1 is 1.58 bits per heavy atom. The number of amides is 1. The number of nitrogens with zero attached hydrogens (tertiary/aromatic N) is 1. The van der Waals surface area contributed by atoms with Crippen LogP contribution in [-0.4, -0.2) is 37.1 Å². The van der Waals surface area contributed by atoms with Crippen LogP contribution in [0.15, 0.2) is 16.8 Å². The van der Waals surface area contributed by atoms with Crippen molar-refractivity contribution in [3.8, 4) is 0 Å². The topological polar surface area (TPSA) is 41.6 Å². The van der Waals surface area contributed by atoms with Crippen LogP contribution in [0.3, 0.4) is 0 Å². The molecule has 1 aromatic heterocycles. The van der Waals surface area contributed by atoms with Gasteiger partial charge in [-0.1, -0.05) is 20.3 Å². The lowest BCUT2D eigenvalue weighted by Gasteiger charge is -2.23. The highest BCUT2D eigenvalue weighted by Gasteiger charge is 2.41. The average Bonchev–Trinajstić information content (AvgIpc) is 3.03. The van der Waals surface area contributed by atoms with Gasteiger partial charge in [0.05, 0.1) is 12.6 Å². The molecule has 1 saturated heterocycles. The fourth-order valence-electron chi connectivity index (χ4n) is 2.42. The van der Waals surface area contributed by atoms with Crippen molar-refractivity contribution in [3.63, 3.8) is 0 Å². The van der Waals surface area contributed by atoms with Crippen LogP contribution < -0.4 is 5.32 Å². The van der Waals surface area contributed by atoms with E-state index in [1.807, 2.05) is 10.3 Å². The van der Waals surface area contributed by atoms with Gasteiger partial charge in [0.25, 0.3) is 0 Å². The van der Waals surface area contributed by atoms with Crippen LogP contribution in [0.25, 0.3) is 0 Å². The van der Waals surface area contributed by atoms with Crippen molar-refractivity contribution in [2.45, 2.75) is 32.5 Å². The minimum absolute atomic E-state index is 0.00657. The fraction of sp³-hybridized carbons (Fsp3) is 0.643. The van der Waals surface area contributed by atoms with Crippen molar-refractivity contribution >= 4 is 17.2 Å². The summed E-state index contributed by atoms with van der Waals surface area (Å²) in [5, 5.41) is 7.63. The second kappa shape index (κ2) is 6.50. The number of ether oxygens (including phenoxy) is 1. The molecule has 0 bridgehead atoms. The maximum Gasteiger partial charge on any atom is 0.241 e. The summed E-state index contributed by atoms with van der Waals surface area (Å²) in [6.45, 7) is 5.45. The molecule has 1 aliphatic rings. The summed E-state index contributed by atoms with van der Waals surface area (Å²) in [5.74, 6) is 0.545. The lowest BCUT2D eigenvalue weighted by molar-refractivity contribution is -0.131. The number of rotatable bonds is 6. The summed E-state index contributed by atoms with van der Waals surface area (Å²) < 4.78 is 5.12. The highest BCUT2D eigenvalue weighted by Crippen LogP contribution is 2.29. The van der Waals surface area contributed by atoms with E-state index in [9.17, 15) is 4.79 Å². The van der Waals surface area contributed by atoms with Crippen molar-refractivity contribution < 1.29 is 9.53 Å². The molecular formula is C14H22N2O2S. The number of carbonyl (C=O) groups excluding carboxylic acids is 1. The summed E-state index contributed by atoms with van der Waals surface area (Å²) in [4.78, 5) is 14.4. The zero-order valence-corrected chi connectivity index (χ0v) is 12.6. The van der Waals surface area contributed by atoms with Crippen LogP contribution in [0.4, 0.5) is 0 Å². The van der Waals surface area contributed by atoms with Gasteiger partial charge in [0.2, 0.25) is 5.91 Å². The Hall–Kier alpha value is -0.910. The highest BCUT2D eigenvalue weighted by atomic mass is 32.1. The molecule has 19 heavy (non-hydrogen) atoms. The molecule has 2 rings (SSSR count). The Kier molecular flexibility index (Phi) is 4.96. The van der Waals surface area contributed by atoms with E-state index in [2.05, 4.69) is 30.6 Å². The largest absolute Gasteiger partial charge is 0.383 e. The number of nitrogens with one attached hydrogen (secondary N) is 1. The molecule has 4 nitrogen and oxygen atoms in total. The zero-order valence-electron chi connectivity index (χ0n) is 11.8. The summed E-state index contributed by atoms with van der Waals surface area (Å²) in [6, 6.07) is 2.00. The summed E-state index contributed by atoms with van der Waals surface area (Å²) >= 11 is 1.66. The third-order valence-electron chi connectivity index (χ3n) is 3.81. The number of hydrogen-bond donors (Lipinski definition) is 1. The molecule has 1 fully saturated rings. The van der Waals surface area contributed by atoms with Gasteiger partial charge in [0.1, 0.15) is 6.17 Å². The predicted octanol–water partition coefficient (Wildman–Crippen LogP) is 2.24.